The van der Waals surface area contributed by atoms with Crippen molar-refractivity contribution in [2.24, 2.45) is 0 Å². The highest BCUT2D eigenvalue weighted by molar-refractivity contribution is 5.84. The van der Waals surface area contributed by atoms with Crippen molar-refractivity contribution in [3.05, 3.63) is 47.8 Å². The zero-order valence-corrected chi connectivity index (χ0v) is 13.4. The molecule has 5 heteroatoms. The summed E-state index contributed by atoms with van der Waals surface area (Å²) in [5, 5.41) is 8.50. The lowest BCUT2D eigenvalue weighted by Crippen LogP contribution is -2.52. The Morgan fingerprint density at radius 1 is 1.26 bits per heavy atom. The molecular weight excluding hydrogens is 288 g/mol. The Labute approximate surface area is 136 Å². The molecule has 4 rings (SSSR count). The van der Waals surface area contributed by atoms with E-state index in [1.165, 1.54) is 12.8 Å². The molecule has 23 heavy (non-hydrogen) atoms. The van der Waals surface area contributed by atoms with Gasteiger partial charge in [0, 0.05) is 25.2 Å². The number of hydrogen-bond donors (Lipinski definition) is 0. The Bertz CT molecular complexity index is 686. The van der Waals surface area contributed by atoms with Crippen molar-refractivity contribution in [2.75, 3.05) is 13.1 Å². The van der Waals surface area contributed by atoms with E-state index in [9.17, 15) is 4.79 Å². The van der Waals surface area contributed by atoms with E-state index in [1.54, 1.807) is 0 Å². The topological polar surface area (TPSA) is 51.0 Å². The second-order valence-electron chi connectivity index (χ2n) is 6.67. The lowest BCUT2D eigenvalue weighted by molar-refractivity contribution is -0.139. The number of amides is 1. The third-order valence-corrected chi connectivity index (χ3v) is 4.98. The number of carbonyl (C=O) groups is 1. The smallest absolute Gasteiger partial charge is 0.230 e. The Morgan fingerprint density at radius 3 is 2.65 bits per heavy atom. The van der Waals surface area contributed by atoms with Crippen LogP contribution in [0.1, 0.15) is 55.3 Å². The number of hydrogen-bond acceptors (Lipinski definition) is 3. The molecule has 120 valence electrons. The molecule has 5 nitrogen and oxygen atoms in total. The van der Waals surface area contributed by atoms with Crippen LogP contribution in [0.3, 0.4) is 0 Å². The van der Waals surface area contributed by atoms with Crippen molar-refractivity contribution in [3.63, 3.8) is 0 Å². The quantitative estimate of drug-likeness (QED) is 0.853. The van der Waals surface area contributed by atoms with E-state index in [2.05, 4.69) is 23.4 Å². The van der Waals surface area contributed by atoms with Gasteiger partial charge in [-0.2, -0.15) is 0 Å². The molecule has 1 saturated carbocycles. The van der Waals surface area contributed by atoms with Gasteiger partial charge >= 0.3 is 0 Å². The van der Waals surface area contributed by atoms with Crippen molar-refractivity contribution in [1.29, 1.82) is 0 Å². The second kappa shape index (κ2) is 5.80. The maximum Gasteiger partial charge on any atom is 0.230 e. The van der Waals surface area contributed by atoms with Gasteiger partial charge in [0.2, 0.25) is 5.91 Å². The van der Waals surface area contributed by atoms with Gasteiger partial charge in [-0.15, -0.1) is 5.10 Å². The highest BCUT2D eigenvalue weighted by Gasteiger charge is 2.36. The summed E-state index contributed by atoms with van der Waals surface area (Å²) in [7, 11) is 0. The number of nitrogens with zero attached hydrogens (tertiary/aromatic N) is 4. The fraction of sp³-hybridized carbons (Fsp3) is 0.500. The van der Waals surface area contributed by atoms with Crippen LogP contribution in [0.15, 0.2) is 36.5 Å². The first kappa shape index (κ1) is 14.4. The third kappa shape index (κ3) is 2.76. The van der Waals surface area contributed by atoms with Gasteiger partial charge in [0.1, 0.15) is 0 Å². The monoisotopic (exact) mass is 310 g/mol. The van der Waals surface area contributed by atoms with Gasteiger partial charge in [-0.1, -0.05) is 42.5 Å². The zero-order chi connectivity index (χ0) is 15.8. The number of likely N-dealkylation sites (tertiary alicyclic amines) is 1. The highest BCUT2D eigenvalue weighted by Crippen LogP contribution is 2.39. The van der Waals surface area contributed by atoms with Crippen molar-refractivity contribution >= 4 is 5.91 Å². The van der Waals surface area contributed by atoms with Crippen LogP contribution in [0, 0.1) is 0 Å². The molecule has 0 radical (unpaired) electrons. The molecule has 0 N–H and O–H groups in total. The summed E-state index contributed by atoms with van der Waals surface area (Å²) >= 11 is 0. The molecule has 2 aromatic rings. The second-order valence-corrected chi connectivity index (χ2v) is 6.67. The van der Waals surface area contributed by atoms with E-state index in [0.717, 1.165) is 30.8 Å². The minimum atomic E-state index is -0.0325. The number of benzene rings is 1. The van der Waals surface area contributed by atoms with Gasteiger partial charge in [0.25, 0.3) is 0 Å². The van der Waals surface area contributed by atoms with Crippen LogP contribution in [-0.2, 0) is 4.79 Å². The molecular formula is C18H22N4O. The van der Waals surface area contributed by atoms with Crippen molar-refractivity contribution < 1.29 is 4.79 Å². The normalized spacial score (nSPS) is 19.4. The van der Waals surface area contributed by atoms with Gasteiger partial charge in [0.15, 0.2) is 0 Å². The summed E-state index contributed by atoms with van der Waals surface area (Å²) in [5.74, 6) is 0.830. The molecule has 2 heterocycles. The Hall–Kier alpha value is -2.17. The molecule has 1 aromatic carbocycles. The van der Waals surface area contributed by atoms with Crippen LogP contribution in [0.4, 0.5) is 0 Å². The van der Waals surface area contributed by atoms with Crippen molar-refractivity contribution in [1.82, 2.24) is 19.9 Å². The van der Waals surface area contributed by atoms with E-state index in [1.807, 2.05) is 39.9 Å². The molecule has 1 aliphatic carbocycles. The maximum atomic E-state index is 12.7. The van der Waals surface area contributed by atoms with E-state index < -0.39 is 0 Å². The van der Waals surface area contributed by atoms with Gasteiger partial charge in [-0.05, 0) is 24.8 Å². The van der Waals surface area contributed by atoms with Gasteiger partial charge in [-0.3, -0.25) is 4.79 Å². The number of carbonyl (C=O) groups excluding carboxylic acids is 1. The summed E-state index contributed by atoms with van der Waals surface area (Å²) < 4.78 is 1.95. The van der Waals surface area contributed by atoms with Crippen LogP contribution in [0.25, 0.3) is 0 Å². The first-order valence-corrected chi connectivity index (χ1v) is 8.51. The number of aromatic nitrogens is 3. The summed E-state index contributed by atoms with van der Waals surface area (Å²) in [4.78, 5) is 14.7. The minimum Gasteiger partial charge on any atom is -0.338 e. The molecule has 2 aliphatic rings. The summed E-state index contributed by atoms with van der Waals surface area (Å²) in [6.45, 7) is 3.57. The Balaban J connectivity index is 1.39. The summed E-state index contributed by atoms with van der Waals surface area (Å²) in [6.07, 6.45) is 5.38. The molecule has 1 aliphatic heterocycles. The van der Waals surface area contributed by atoms with Gasteiger partial charge in [-0.25, -0.2) is 4.68 Å². The SMILES string of the molecule is CCC(C(=O)N1CC(n2cc(C3CC3)nn2)C1)c1ccccc1. The maximum absolute atomic E-state index is 12.7. The van der Waals surface area contributed by atoms with Crippen LogP contribution in [0.5, 0.6) is 0 Å². The Morgan fingerprint density at radius 2 is 2.00 bits per heavy atom. The van der Waals surface area contributed by atoms with E-state index in [-0.39, 0.29) is 17.9 Å². The predicted octanol–water partition coefficient (Wildman–Crippen LogP) is 2.73. The fourth-order valence-electron chi connectivity index (χ4n) is 3.30. The standard InChI is InChI=1S/C18H22N4O/c1-2-16(13-6-4-3-5-7-13)18(23)21-10-15(11-21)22-12-17(19-20-22)14-8-9-14/h3-7,12,14-16H,2,8-11H2,1H3. The molecule has 1 aromatic heterocycles. The molecule has 1 amide bonds. The van der Waals surface area contributed by atoms with E-state index >= 15 is 0 Å². The molecule has 0 spiro atoms. The third-order valence-electron chi connectivity index (χ3n) is 4.98. The van der Waals surface area contributed by atoms with Gasteiger partial charge < -0.3 is 4.90 Å². The minimum absolute atomic E-state index is 0.0325. The lowest BCUT2D eigenvalue weighted by Gasteiger charge is -2.40. The van der Waals surface area contributed by atoms with Crippen LogP contribution >= 0.6 is 0 Å². The van der Waals surface area contributed by atoms with Crippen LogP contribution < -0.4 is 0 Å². The van der Waals surface area contributed by atoms with E-state index in [4.69, 9.17) is 0 Å². The zero-order valence-electron chi connectivity index (χ0n) is 13.4. The fourth-order valence-corrected chi connectivity index (χ4v) is 3.30. The van der Waals surface area contributed by atoms with Crippen molar-refractivity contribution in [3.8, 4) is 0 Å². The largest absolute Gasteiger partial charge is 0.338 e. The highest BCUT2D eigenvalue weighted by atomic mass is 16.2. The van der Waals surface area contributed by atoms with Crippen LogP contribution in [-0.4, -0.2) is 38.9 Å². The van der Waals surface area contributed by atoms with Crippen molar-refractivity contribution in [2.45, 2.75) is 44.1 Å². The van der Waals surface area contributed by atoms with E-state index in [0.29, 0.717) is 5.92 Å². The van der Waals surface area contributed by atoms with Crippen LogP contribution in [0.2, 0.25) is 0 Å². The lowest BCUT2D eigenvalue weighted by atomic mass is 9.93. The molecule has 1 saturated heterocycles. The predicted molar refractivity (Wildman–Crippen MR) is 87.1 cm³/mol. The summed E-state index contributed by atoms with van der Waals surface area (Å²) in [6, 6.07) is 10.4. The molecule has 1 unspecified atom stereocenters. The Kier molecular flexibility index (Phi) is 3.63. The first-order valence-electron chi connectivity index (χ1n) is 8.51. The average molecular weight is 310 g/mol. The molecule has 0 bridgehead atoms. The van der Waals surface area contributed by atoms with Gasteiger partial charge in [0.05, 0.1) is 17.7 Å². The number of rotatable bonds is 5. The summed E-state index contributed by atoms with van der Waals surface area (Å²) in [5.41, 5.74) is 2.23. The average Bonchev–Trinajstić information content (AvgIpc) is 3.27. The molecule has 1 atom stereocenters. The molecule has 2 fully saturated rings. The first-order chi connectivity index (χ1) is 11.3.